The quantitative estimate of drug-likeness (QED) is 0.570. The Hall–Kier alpha value is -2.44. The molecule has 0 unspecified atom stereocenters. The van der Waals surface area contributed by atoms with Crippen molar-refractivity contribution < 1.29 is 4.79 Å². The van der Waals surface area contributed by atoms with Gasteiger partial charge in [0.1, 0.15) is 0 Å². The van der Waals surface area contributed by atoms with Gasteiger partial charge < -0.3 is 0 Å². The number of nitrogens with zero attached hydrogens (tertiary/aromatic N) is 3. The van der Waals surface area contributed by atoms with Crippen molar-refractivity contribution >= 4 is 39.8 Å². The molecule has 116 valence electrons. The second-order valence-electron chi connectivity index (χ2n) is 4.63. The summed E-state index contributed by atoms with van der Waals surface area (Å²) < 4.78 is 1.71. The number of halogens is 1. The highest BCUT2D eigenvalue weighted by Crippen LogP contribution is 2.26. The second kappa shape index (κ2) is 6.76. The van der Waals surface area contributed by atoms with Crippen LogP contribution in [0.2, 0.25) is 5.02 Å². The van der Waals surface area contributed by atoms with Crippen molar-refractivity contribution in [1.29, 1.82) is 0 Å². The van der Waals surface area contributed by atoms with Crippen molar-refractivity contribution in [2.24, 2.45) is 0 Å². The zero-order valence-electron chi connectivity index (χ0n) is 12.2. The molecule has 0 aliphatic heterocycles. The van der Waals surface area contributed by atoms with Crippen molar-refractivity contribution in [2.75, 3.05) is 5.32 Å². The van der Waals surface area contributed by atoms with Crippen LogP contribution >= 0.6 is 22.9 Å². The Morgan fingerprint density at radius 3 is 2.83 bits per heavy atom. The van der Waals surface area contributed by atoms with Crippen LogP contribution in [0.25, 0.3) is 16.2 Å². The van der Waals surface area contributed by atoms with Crippen LogP contribution in [0.3, 0.4) is 0 Å². The van der Waals surface area contributed by atoms with Crippen LogP contribution in [0.1, 0.15) is 6.92 Å². The summed E-state index contributed by atoms with van der Waals surface area (Å²) >= 11 is 7.37. The molecule has 3 rings (SSSR count). The van der Waals surface area contributed by atoms with E-state index in [-0.39, 0.29) is 11.9 Å². The molecule has 0 saturated heterocycles. The smallest absolute Gasteiger partial charge is 0.250 e. The molecule has 2 heterocycles. The molecular weight excluding hydrogens is 332 g/mol. The van der Waals surface area contributed by atoms with Crippen molar-refractivity contribution in [3.8, 4) is 11.3 Å². The van der Waals surface area contributed by atoms with Gasteiger partial charge in [0.2, 0.25) is 4.96 Å². The Morgan fingerprint density at radius 2 is 2.09 bits per heavy atom. The number of aromatic nitrogens is 3. The highest BCUT2D eigenvalue weighted by molar-refractivity contribution is 7.15. The highest BCUT2D eigenvalue weighted by Gasteiger charge is 2.12. The van der Waals surface area contributed by atoms with E-state index in [2.05, 4.69) is 15.4 Å². The molecule has 0 radical (unpaired) electrons. The summed E-state index contributed by atoms with van der Waals surface area (Å²) in [5, 5.41) is 9.63. The largest absolute Gasteiger partial charge is 0.290 e. The zero-order valence-corrected chi connectivity index (χ0v) is 13.8. The number of nitrogens with one attached hydrogen (secondary N) is 1. The number of allylic oxidation sites excluding steroid dienone is 3. The van der Waals surface area contributed by atoms with Gasteiger partial charge in [0, 0.05) is 22.0 Å². The lowest BCUT2D eigenvalue weighted by atomic mass is 10.2. The minimum atomic E-state index is -0.269. The Balaban J connectivity index is 1.86. The van der Waals surface area contributed by atoms with Crippen molar-refractivity contribution in [3.05, 3.63) is 59.0 Å². The van der Waals surface area contributed by atoms with Gasteiger partial charge in [0.25, 0.3) is 11.9 Å². The van der Waals surface area contributed by atoms with Crippen molar-refractivity contribution in [1.82, 2.24) is 14.6 Å². The third-order valence-corrected chi connectivity index (χ3v) is 4.08. The number of carbonyl (C=O) groups is 1. The topological polar surface area (TPSA) is 59.3 Å². The first-order chi connectivity index (χ1) is 11.2. The maximum Gasteiger partial charge on any atom is 0.250 e. The minimum Gasteiger partial charge on any atom is -0.290 e. The normalized spacial score (nSPS) is 11.7. The number of thiazole rings is 1. The maximum absolute atomic E-state index is 11.7. The third kappa shape index (κ3) is 3.49. The zero-order chi connectivity index (χ0) is 16.2. The standard InChI is InChI=1S/C16H13ClN4OS/c1-2-3-4-5-14(22)18-15-19-16-21(20-15)13(10-23-16)11-6-8-12(17)9-7-11/h2-10H,1H3,(H,18,20,22)/b3-2+,5-4+. The molecule has 1 N–H and O–H groups in total. The summed E-state index contributed by atoms with van der Waals surface area (Å²) in [4.78, 5) is 16.8. The molecule has 0 spiro atoms. The van der Waals surface area contributed by atoms with Crippen LogP contribution in [0.15, 0.2) is 53.9 Å². The average molecular weight is 345 g/mol. The van der Waals surface area contributed by atoms with Crippen LogP contribution in [0, 0.1) is 0 Å². The first kappa shape index (κ1) is 15.5. The first-order valence-corrected chi connectivity index (χ1v) is 8.13. The summed E-state index contributed by atoms with van der Waals surface area (Å²) in [6.07, 6.45) is 6.70. The van der Waals surface area contributed by atoms with Crippen molar-refractivity contribution in [2.45, 2.75) is 6.92 Å². The predicted molar refractivity (Wildman–Crippen MR) is 93.9 cm³/mol. The summed E-state index contributed by atoms with van der Waals surface area (Å²) in [6, 6.07) is 7.49. The van der Waals surface area contributed by atoms with E-state index in [0.29, 0.717) is 9.98 Å². The lowest BCUT2D eigenvalue weighted by Crippen LogP contribution is -2.09. The monoisotopic (exact) mass is 344 g/mol. The van der Waals surface area contributed by atoms with E-state index < -0.39 is 0 Å². The summed E-state index contributed by atoms with van der Waals surface area (Å²) in [5.41, 5.74) is 1.88. The fraction of sp³-hybridized carbons (Fsp3) is 0.0625. The number of anilines is 1. The maximum atomic E-state index is 11.7. The van der Waals surface area contributed by atoms with Crippen LogP contribution in [0.5, 0.6) is 0 Å². The summed E-state index contributed by atoms with van der Waals surface area (Å²) in [6.45, 7) is 1.88. The lowest BCUT2D eigenvalue weighted by Gasteiger charge is -1.98. The van der Waals surface area contributed by atoms with E-state index in [1.54, 1.807) is 16.7 Å². The Bertz CT molecular complexity index is 893. The van der Waals surface area contributed by atoms with Crippen LogP contribution in [-0.4, -0.2) is 20.5 Å². The van der Waals surface area contributed by atoms with E-state index in [9.17, 15) is 4.79 Å². The SMILES string of the molecule is C/C=C/C=C/C(=O)Nc1nc2scc(-c3ccc(Cl)cc3)n2n1. The van der Waals surface area contributed by atoms with Crippen LogP contribution in [0.4, 0.5) is 5.95 Å². The van der Waals surface area contributed by atoms with Gasteiger partial charge in [-0.05, 0) is 19.1 Å². The highest BCUT2D eigenvalue weighted by atomic mass is 35.5. The van der Waals surface area contributed by atoms with Crippen LogP contribution < -0.4 is 5.32 Å². The molecule has 0 saturated carbocycles. The number of amides is 1. The molecule has 23 heavy (non-hydrogen) atoms. The molecule has 1 amide bonds. The number of fused-ring (bicyclic) bond motifs is 1. The molecule has 0 aliphatic carbocycles. The van der Waals surface area contributed by atoms with E-state index >= 15 is 0 Å². The predicted octanol–water partition coefficient (Wildman–Crippen LogP) is 4.18. The van der Waals surface area contributed by atoms with Crippen LogP contribution in [-0.2, 0) is 4.79 Å². The molecule has 3 aromatic rings. The number of rotatable bonds is 4. The Kier molecular flexibility index (Phi) is 4.55. The molecule has 0 bridgehead atoms. The summed E-state index contributed by atoms with van der Waals surface area (Å²) in [7, 11) is 0. The molecular formula is C16H13ClN4OS. The molecule has 1 aromatic carbocycles. The molecule has 5 nitrogen and oxygen atoms in total. The van der Waals surface area contributed by atoms with E-state index in [1.807, 2.05) is 42.6 Å². The summed E-state index contributed by atoms with van der Waals surface area (Å²) in [5.74, 6) is 0.0107. The number of hydrogen-bond acceptors (Lipinski definition) is 4. The Labute approximate surface area is 141 Å². The lowest BCUT2D eigenvalue weighted by molar-refractivity contribution is -0.111. The van der Waals surface area contributed by atoms with Gasteiger partial charge in [-0.1, -0.05) is 42.0 Å². The van der Waals surface area contributed by atoms with Gasteiger partial charge in [0.05, 0.1) is 5.69 Å². The van der Waals surface area contributed by atoms with E-state index in [0.717, 1.165) is 11.3 Å². The van der Waals surface area contributed by atoms with E-state index in [1.165, 1.54) is 17.4 Å². The first-order valence-electron chi connectivity index (χ1n) is 6.88. The van der Waals surface area contributed by atoms with Gasteiger partial charge in [-0.15, -0.1) is 16.4 Å². The number of hydrogen-bond donors (Lipinski definition) is 1. The third-order valence-electron chi connectivity index (χ3n) is 3.01. The van der Waals surface area contributed by atoms with Gasteiger partial charge in [-0.25, -0.2) is 4.52 Å². The fourth-order valence-corrected chi connectivity index (χ4v) is 2.92. The fourth-order valence-electron chi connectivity index (χ4n) is 1.96. The van der Waals surface area contributed by atoms with Gasteiger partial charge >= 0.3 is 0 Å². The van der Waals surface area contributed by atoms with Crippen molar-refractivity contribution in [3.63, 3.8) is 0 Å². The molecule has 0 fully saturated rings. The molecule has 0 atom stereocenters. The molecule has 2 aromatic heterocycles. The van der Waals surface area contributed by atoms with Gasteiger partial charge in [0.15, 0.2) is 0 Å². The molecule has 0 aliphatic rings. The van der Waals surface area contributed by atoms with E-state index in [4.69, 9.17) is 11.6 Å². The van der Waals surface area contributed by atoms with Gasteiger partial charge in [-0.2, -0.15) is 4.98 Å². The Morgan fingerprint density at radius 1 is 1.30 bits per heavy atom. The molecule has 7 heteroatoms. The second-order valence-corrected chi connectivity index (χ2v) is 5.90. The number of benzene rings is 1. The van der Waals surface area contributed by atoms with Gasteiger partial charge in [-0.3, -0.25) is 10.1 Å². The number of carbonyl (C=O) groups excluding carboxylic acids is 1. The minimum absolute atomic E-state index is 0.269. The average Bonchev–Trinajstić information content (AvgIpc) is 3.08.